The fraction of sp³-hybridized carbons (Fsp3) is 0.600. The first-order valence-corrected chi connectivity index (χ1v) is 4.11. The van der Waals surface area contributed by atoms with Crippen LogP contribution in [0.1, 0.15) is 6.42 Å². The molecular weight excluding hydrogens is 248 g/mol. The average molecular weight is 252 g/mol. The van der Waals surface area contributed by atoms with Gasteiger partial charge in [-0.05, 0) is 6.42 Å². The van der Waals surface area contributed by atoms with Gasteiger partial charge in [-0.1, -0.05) is 31.9 Å². The molecule has 0 aromatic rings. The second-order valence-electron chi connectivity index (χ2n) is 1.43. The number of alkyl halides is 2. The minimum Gasteiger partial charge on any atom is -0.197 e. The highest BCUT2D eigenvalue weighted by atomic mass is 79.9. The van der Waals surface area contributed by atoms with Crippen molar-refractivity contribution in [3.8, 4) is 12.1 Å². The van der Waals surface area contributed by atoms with Crippen LogP contribution < -0.4 is 0 Å². The summed E-state index contributed by atoms with van der Waals surface area (Å²) >= 11 is 6.15. The molecule has 48 valence electrons. The van der Waals surface area contributed by atoms with Crippen molar-refractivity contribution >= 4 is 31.9 Å². The zero-order valence-corrected chi connectivity index (χ0v) is 7.68. The second kappa shape index (κ2) is 4.78. The van der Waals surface area contributed by atoms with Gasteiger partial charge in [-0.3, -0.25) is 0 Å². The molecule has 0 aromatic carbocycles. The summed E-state index contributed by atoms with van der Waals surface area (Å²) in [5.41, 5.74) is 0. The lowest BCUT2D eigenvalue weighted by atomic mass is 10.3. The summed E-state index contributed by atoms with van der Waals surface area (Å²) in [5.74, 6) is 0. The molecule has 0 fully saturated rings. The van der Waals surface area contributed by atoms with Gasteiger partial charge in [0.2, 0.25) is 0 Å². The van der Waals surface area contributed by atoms with Crippen LogP contribution in [-0.2, 0) is 0 Å². The first-order chi connectivity index (χ1) is 4.20. The third kappa shape index (κ3) is 4.44. The number of nitrogens with zero attached hydrogens (tertiary/aromatic N) is 2. The van der Waals surface area contributed by atoms with E-state index in [1.54, 1.807) is 0 Å². The van der Waals surface area contributed by atoms with Crippen molar-refractivity contribution in [2.45, 2.75) is 16.1 Å². The molecule has 0 rings (SSSR count). The van der Waals surface area contributed by atoms with Crippen LogP contribution in [0.25, 0.3) is 0 Å². The van der Waals surface area contributed by atoms with Gasteiger partial charge in [0, 0.05) is 0 Å². The van der Waals surface area contributed by atoms with Gasteiger partial charge >= 0.3 is 0 Å². The van der Waals surface area contributed by atoms with Gasteiger partial charge in [-0.25, -0.2) is 0 Å². The number of nitriles is 2. The Kier molecular flexibility index (Phi) is 4.75. The normalized spacial score (nSPS) is 15.1. The molecule has 0 amide bonds. The molecule has 0 aliphatic rings. The summed E-state index contributed by atoms with van der Waals surface area (Å²) in [6, 6.07) is 3.93. The zero-order chi connectivity index (χ0) is 7.28. The SMILES string of the molecule is N#CC(Br)CC(Br)C#N. The van der Waals surface area contributed by atoms with Crippen molar-refractivity contribution in [2.24, 2.45) is 0 Å². The van der Waals surface area contributed by atoms with Crippen molar-refractivity contribution in [2.75, 3.05) is 0 Å². The maximum Gasteiger partial charge on any atom is 0.103 e. The molecule has 9 heavy (non-hydrogen) atoms. The standard InChI is InChI=1S/C5H4Br2N2/c6-4(2-8)1-5(7)3-9/h4-5H,1H2. The van der Waals surface area contributed by atoms with Crippen LogP contribution in [0.15, 0.2) is 0 Å². The van der Waals surface area contributed by atoms with Crippen LogP contribution in [0, 0.1) is 22.7 Å². The van der Waals surface area contributed by atoms with Crippen molar-refractivity contribution in [1.29, 1.82) is 10.5 Å². The molecule has 0 saturated carbocycles. The molecule has 2 unspecified atom stereocenters. The Morgan fingerprint density at radius 1 is 1.11 bits per heavy atom. The summed E-state index contributed by atoms with van der Waals surface area (Å²) < 4.78 is 0. The topological polar surface area (TPSA) is 47.6 Å². The summed E-state index contributed by atoms with van der Waals surface area (Å²) in [7, 11) is 0. The number of hydrogen-bond donors (Lipinski definition) is 0. The zero-order valence-electron chi connectivity index (χ0n) is 4.51. The van der Waals surface area contributed by atoms with Crippen LogP contribution in [0.5, 0.6) is 0 Å². The van der Waals surface area contributed by atoms with Crippen LogP contribution in [0.4, 0.5) is 0 Å². The molecule has 2 atom stereocenters. The van der Waals surface area contributed by atoms with Crippen molar-refractivity contribution in [3.63, 3.8) is 0 Å². The van der Waals surface area contributed by atoms with E-state index in [1.165, 1.54) is 0 Å². The molecule has 0 heterocycles. The Labute approximate surface area is 70.7 Å². The molecule has 0 bridgehead atoms. The van der Waals surface area contributed by atoms with E-state index in [9.17, 15) is 0 Å². The van der Waals surface area contributed by atoms with Crippen LogP contribution >= 0.6 is 31.9 Å². The monoisotopic (exact) mass is 250 g/mol. The Morgan fingerprint density at radius 2 is 1.44 bits per heavy atom. The largest absolute Gasteiger partial charge is 0.197 e. The highest BCUT2D eigenvalue weighted by Crippen LogP contribution is 2.12. The minimum absolute atomic E-state index is 0.221. The summed E-state index contributed by atoms with van der Waals surface area (Å²) in [4.78, 5) is -0.442. The quantitative estimate of drug-likeness (QED) is 0.705. The van der Waals surface area contributed by atoms with Gasteiger partial charge in [0.15, 0.2) is 0 Å². The van der Waals surface area contributed by atoms with Crippen LogP contribution in [0.3, 0.4) is 0 Å². The average Bonchev–Trinajstić information content (AvgIpc) is 1.87. The smallest absolute Gasteiger partial charge is 0.103 e. The Hall–Kier alpha value is -0.0600. The van der Waals surface area contributed by atoms with E-state index in [2.05, 4.69) is 31.9 Å². The van der Waals surface area contributed by atoms with Crippen LogP contribution in [-0.4, -0.2) is 9.65 Å². The summed E-state index contributed by atoms with van der Waals surface area (Å²) in [5, 5.41) is 16.5. The van der Waals surface area contributed by atoms with E-state index in [4.69, 9.17) is 10.5 Å². The fourth-order valence-electron chi connectivity index (χ4n) is 0.287. The van der Waals surface area contributed by atoms with E-state index >= 15 is 0 Å². The lowest BCUT2D eigenvalue weighted by molar-refractivity contribution is 0.936. The van der Waals surface area contributed by atoms with Gasteiger partial charge in [-0.2, -0.15) is 10.5 Å². The first kappa shape index (κ1) is 8.94. The Balaban J connectivity index is 3.53. The Bertz CT molecular complexity index is 137. The molecule has 0 aliphatic carbocycles. The molecule has 0 aromatic heterocycles. The third-order valence-electron chi connectivity index (χ3n) is 0.694. The van der Waals surface area contributed by atoms with Crippen molar-refractivity contribution in [1.82, 2.24) is 0 Å². The van der Waals surface area contributed by atoms with Crippen molar-refractivity contribution < 1.29 is 0 Å². The highest BCUT2D eigenvalue weighted by molar-refractivity contribution is 9.10. The lowest BCUT2D eigenvalue weighted by Gasteiger charge is -1.97. The number of hydrogen-bond acceptors (Lipinski definition) is 2. The molecule has 4 heteroatoms. The van der Waals surface area contributed by atoms with E-state index in [-0.39, 0.29) is 9.65 Å². The second-order valence-corrected chi connectivity index (χ2v) is 3.64. The van der Waals surface area contributed by atoms with E-state index < -0.39 is 0 Å². The molecule has 0 spiro atoms. The lowest BCUT2D eigenvalue weighted by Crippen LogP contribution is -2.02. The van der Waals surface area contributed by atoms with Crippen LogP contribution in [0.2, 0.25) is 0 Å². The van der Waals surface area contributed by atoms with Crippen molar-refractivity contribution in [3.05, 3.63) is 0 Å². The molecule has 0 radical (unpaired) electrons. The maximum absolute atomic E-state index is 8.25. The summed E-state index contributed by atoms with van der Waals surface area (Å²) in [6.07, 6.45) is 0.521. The molecule has 0 aliphatic heterocycles. The molecule has 0 saturated heterocycles. The van der Waals surface area contributed by atoms with E-state index in [0.29, 0.717) is 6.42 Å². The first-order valence-electron chi connectivity index (χ1n) is 2.28. The van der Waals surface area contributed by atoms with Gasteiger partial charge < -0.3 is 0 Å². The summed E-state index contributed by atoms with van der Waals surface area (Å²) in [6.45, 7) is 0. The molecule has 2 nitrogen and oxygen atoms in total. The van der Waals surface area contributed by atoms with Gasteiger partial charge in [0.05, 0.1) is 12.1 Å². The highest BCUT2D eigenvalue weighted by Gasteiger charge is 2.08. The minimum atomic E-state index is -0.221. The Morgan fingerprint density at radius 3 is 1.67 bits per heavy atom. The molecular formula is C5H4Br2N2. The fourth-order valence-corrected chi connectivity index (χ4v) is 1.54. The maximum atomic E-state index is 8.25. The van der Waals surface area contributed by atoms with E-state index in [1.807, 2.05) is 12.1 Å². The molecule has 0 N–H and O–H groups in total. The van der Waals surface area contributed by atoms with Gasteiger partial charge in [0.25, 0.3) is 0 Å². The van der Waals surface area contributed by atoms with Gasteiger partial charge in [-0.15, -0.1) is 0 Å². The third-order valence-corrected chi connectivity index (χ3v) is 1.85. The number of rotatable bonds is 2. The van der Waals surface area contributed by atoms with E-state index in [0.717, 1.165) is 0 Å². The van der Waals surface area contributed by atoms with Gasteiger partial charge in [0.1, 0.15) is 9.65 Å². The number of halogens is 2. The predicted octanol–water partition coefficient (Wildman–Crippen LogP) is 1.95. The predicted molar refractivity (Wildman–Crippen MR) is 41.3 cm³/mol.